The molecule has 3 rings (SSSR count). The smallest absolute Gasteiger partial charge is 0.315 e. The highest BCUT2D eigenvalue weighted by molar-refractivity contribution is 7.99. The number of aliphatic carboxylic acids is 1. The lowest BCUT2D eigenvalue weighted by Gasteiger charge is -2.22. The monoisotopic (exact) mass is 477 g/mol. The second-order valence-corrected chi connectivity index (χ2v) is 9.32. The number of amides is 2. The summed E-state index contributed by atoms with van der Waals surface area (Å²) in [5, 5.41) is 15.1. The van der Waals surface area contributed by atoms with Gasteiger partial charge in [0, 0.05) is 22.4 Å². The maximum absolute atomic E-state index is 12.8. The van der Waals surface area contributed by atoms with Crippen LogP contribution in [-0.4, -0.2) is 47.7 Å². The topological polar surface area (TPSA) is 123 Å². The van der Waals surface area contributed by atoms with Crippen LogP contribution in [-0.2, 0) is 4.79 Å². The van der Waals surface area contributed by atoms with Crippen LogP contribution in [0.2, 0.25) is 0 Å². The number of benzene rings is 2. The Kier molecular flexibility index (Phi) is 8.81. The first-order valence-corrected chi connectivity index (χ1v) is 12.5. The SMILES string of the molecule is CSCC[C@@H](CSc1ccc(N)cc1)NC(=O)N[C@@H](CC(=O)O)c1ccc2c(c1)OCO2. The fourth-order valence-electron chi connectivity index (χ4n) is 3.16. The molecule has 0 saturated heterocycles. The van der Waals surface area contributed by atoms with E-state index in [2.05, 4.69) is 10.6 Å². The Hall–Kier alpha value is -2.72. The van der Waals surface area contributed by atoms with Gasteiger partial charge in [0.05, 0.1) is 12.5 Å². The van der Waals surface area contributed by atoms with Gasteiger partial charge >= 0.3 is 12.0 Å². The van der Waals surface area contributed by atoms with Crippen molar-refractivity contribution >= 4 is 41.2 Å². The molecule has 0 aliphatic carbocycles. The normalized spacial score (nSPS) is 13.9. The molecule has 172 valence electrons. The molecule has 0 unspecified atom stereocenters. The minimum Gasteiger partial charge on any atom is -0.481 e. The summed E-state index contributed by atoms with van der Waals surface area (Å²) in [6, 6.07) is 11.6. The molecule has 5 N–H and O–H groups in total. The van der Waals surface area contributed by atoms with Gasteiger partial charge in [-0.1, -0.05) is 6.07 Å². The first kappa shape index (κ1) is 23.9. The van der Waals surface area contributed by atoms with Crippen LogP contribution >= 0.6 is 23.5 Å². The number of urea groups is 1. The molecule has 2 atom stereocenters. The Balaban J connectivity index is 1.63. The van der Waals surface area contributed by atoms with Crippen LogP contribution in [0.5, 0.6) is 11.5 Å². The minimum atomic E-state index is -1.01. The van der Waals surface area contributed by atoms with Gasteiger partial charge in [-0.05, 0) is 60.4 Å². The summed E-state index contributed by atoms with van der Waals surface area (Å²) in [6.07, 6.45) is 2.57. The van der Waals surface area contributed by atoms with Gasteiger partial charge in [-0.25, -0.2) is 4.79 Å². The summed E-state index contributed by atoms with van der Waals surface area (Å²) in [6.45, 7) is 0.124. The van der Waals surface area contributed by atoms with Gasteiger partial charge < -0.3 is 30.9 Å². The van der Waals surface area contributed by atoms with Gasteiger partial charge in [0.25, 0.3) is 0 Å². The second-order valence-electron chi connectivity index (χ2n) is 7.24. The van der Waals surface area contributed by atoms with Gasteiger partial charge in [-0.3, -0.25) is 4.79 Å². The van der Waals surface area contributed by atoms with Crippen molar-refractivity contribution in [3.63, 3.8) is 0 Å². The van der Waals surface area contributed by atoms with Crippen molar-refractivity contribution in [2.45, 2.75) is 29.8 Å². The number of anilines is 1. The molecule has 1 aliphatic heterocycles. The number of carbonyl (C=O) groups is 2. The quantitative estimate of drug-likeness (QED) is 0.285. The molecule has 0 radical (unpaired) electrons. The molecule has 8 nitrogen and oxygen atoms in total. The standard InChI is InChI=1S/C22H27N3O5S2/c1-31-9-8-16(12-32-17-5-3-15(23)4-6-17)24-22(28)25-18(11-21(26)27)14-2-7-19-20(10-14)30-13-29-19/h2-7,10,16,18H,8-9,11-13,23H2,1H3,(H,26,27)(H2,24,25,28)/t16-,18-/m0/s1. The van der Waals surface area contributed by atoms with Gasteiger partial charge in [0.1, 0.15) is 0 Å². The molecule has 1 heterocycles. The number of nitrogens with one attached hydrogen (secondary N) is 2. The Morgan fingerprint density at radius 2 is 1.88 bits per heavy atom. The van der Waals surface area contributed by atoms with Gasteiger partial charge in [-0.2, -0.15) is 11.8 Å². The summed E-state index contributed by atoms with van der Waals surface area (Å²) < 4.78 is 10.7. The van der Waals surface area contributed by atoms with Crippen molar-refractivity contribution in [3.8, 4) is 11.5 Å². The number of nitrogens with two attached hydrogens (primary N) is 1. The minimum absolute atomic E-state index is 0.0766. The maximum Gasteiger partial charge on any atom is 0.315 e. The second kappa shape index (κ2) is 11.8. The van der Waals surface area contributed by atoms with Crippen molar-refractivity contribution < 1.29 is 24.2 Å². The average molecular weight is 478 g/mol. The molecule has 2 amide bonds. The van der Waals surface area contributed by atoms with E-state index >= 15 is 0 Å². The van der Waals surface area contributed by atoms with E-state index in [1.165, 1.54) is 0 Å². The number of carboxylic acid groups (broad SMARTS) is 1. The van der Waals surface area contributed by atoms with Crippen molar-refractivity contribution in [2.24, 2.45) is 0 Å². The number of thioether (sulfide) groups is 2. The highest BCUT2D eigenvalue weighted by atomic mass is 32.2. The maximum atomic E-state index is 12.8. The third kappa shape index (κ3) is 7.16. The lowest BCUT2D eigenvalue weighted by molar-refractivity contribution is -0.137. The van der Waals surface area contributed by atoms with Crippen LogP contribution in [0.25, 0.3) is 0 Å². The Bertz CT molecular complexity index is 926. The summed E-state index contributed by atoms with van der Waals surface area (Å²) in [5.74, 6) is 1.71. The molecule has 1 aliphatic rings. The van der Waals surface area contributed by atoms with Gasteiger partial charge in [0.2, 0.25) is 6.79 Å². The predicted molar refractivity (Wildman–Crippen MR) is 128 cm³/mol. The number of nitrogen functional groups attached to an aromatic ring is 1. The van der Waals surface area contributed by atoms with Crippen LogP contribution in [0.1, 0.15) is 24.4 Å². The lowest BCUT2D eigenvalue weighted by atomic mass is 10.0. The molecule has 0 spiro atoms. The van der Waals surface area contributed by atoms with E-state index in [0.29, 0.717) is 28.5 Å². The number of fused-ring (bicyclic) bond motifs is 1. The molecule has 2 aromatic rings. The zero-order chi connectivity index (χ0) is 22.9. The Morgan fingerprint density at radius 3 is 2.59 bits per heavy atom. The van der Waals surface area contributed by atoms with Gasteiger partial charge in [-0.15, -0.1) is 11.8 Å². The zero-order valence-corrected chi connectivity index (χ0v) is 19.3. The molecule has 0 aromatic heterocycles. The number of ether oxygens (including phenoxy) is 2. The van der Waals surface area contributed by atoms with Crippen molar-refractivity contribution in [3.05, 3.63) is 48.0 Å². The lowest BCUT2D eigenvalue weighted by Crippen LogP contribution is -2.45. The third-order valence-electron chi connectivity index (χ3n) is 4.82. The molecule has 10 heteroatoms. The van der Waals surface area contributed by atoms with E-state index in [1.54, 1.807) is 41.7 Å². The highest BCUT2D eigenvalue weighted by Crippen LogP contribution is 2.34. The summed E-state index contributed by atoms with van der Waals surface area (Å²) >= 11 is 3.35. The molecule has 0 saturated carbocycles. The summed E-state index contributed by atoms with van der Waals surface area (Å²) in [5.41, 5.74) is 7.09. The molecule has 0 bridgehead atoms. The number of carboxylic acids is 1. The van der Waals surface area contributed by atoms with E-state index in [4.69, 9.17) is 15.2 Å². The highest BCUT2D eigenvalue weighted by Gasteiger charge is 2.23. The summed E-state index contributed by atoms with van der Waals surface area (Å²) in [4.78, 5) is 25.2. The number of hydrogen-bond acceptors (Lipinski definition) is 7. The fourth-order valence-corrected chi connectivity index (χ4v) is 4.65. The van der Waals surface area contributed by atoms with Gasteiger partial charge in [0.15, 0.2) is 11.5 Å². The van der Waals surface area contributed by atoms with E-state index < -0.39 is 18.0 Å². The Morgan fingerprint density at radius 1 is 1.12 bits per heavy atom. The van der Waals surface area contributed by atoms with Crippen molar-refractivity contribution in [2.75, 3.05) is 30.3 Å². The molecule has 2 aromatic carbocycles. The zero-order valence-electron chi connectivity index (χ0n) is 17.7. The first-order chi connectivity index (χ1) is 15.4. The van der Waals surface area contributed by atoms with E-state index in [1.807, 2.05) is 30.5 Å². The Labute approximate surface area is 195 Å². The molecular formula is C22H27N3O5S2. The van der Waals surface area contributed by atoms with Crippen molar-refractivity contribution in [1.29, 1.82) is 0 Å². The number of carbonyl (C=O) groups excluding carboxylic acids is 1. The molecule has 0 fully saturated rings. The fraction of sp³-hybridized carbons (Fsp3) is 0.364. The third-order valence-corrected chi connectivity index (χ3v) is 6.64. The van der Waals surface area contributed by atoms with E-state index in [9.17, 15) is 14.7 Å². The van der Waals surface area contributed by atoms with Crippen molar-refractivity contribution in [1.82, 2.24) is 10.6 Å². The van der Waals surface area contributed by atoms with Crippen LogP contribution in [0.3, 0.4) is 0 Å². The molecular weight excluding hydrogens is 450 g/mol. The molecule has 32 heavy (non-hydrogen) atoms. The largest absolute Gasteiger partial charge is 0.481 e. The van der Waals surface area contributed by atoms with Crippen LogP contribution in [0, 0.1) is 0 Å². The average Bonchev–Trinajstić information content (AvgIpc) is 3.24. The number of rotatable bonds is 11. The van der Waals surface area contributed by atoms with E-state index in [-0.39, 0.29) is 19.3 Å². The van der Waals surface area contributed by atoms with E-state index in [0.717, 1.165) is 17.1 Å². The predicted octanol–water partition coefficient (Wildman–Crippen LogP) is 3.73. The number of hydrogen-bond donors (Lipinski definition) is 4. The first-order valence-electron chi connectivity index (χ1n) is 10.1. The van der Waals surface area contributed by atoms with Crippen LogP contribution in [0.15, 0.2) is 47.4 Å². The van der Waals surface area contributed by atoms with Crippen LogP contribution in [0.4, 0.5) is 10.5 Å². The van der Waals surface area contributed by atoms with Crippen LogP contribution < -0.4 is 25.8 Å². The summed E-state index contributed by atoms with van der Waals surface area (Å²) in [7, 11) is 0.